The molecule has 1 N–H and O–H groups in total. The van der Waals surface area contributed by atoms with E-state index in [0.717, 1.165) is 48.3 Å². The number of hydrogen-bond acceptors (Lipinski definition) is 1. The van der Waals surface area contributed by atoms with E-state index in [1.807, 2.05) is 0 Å². The van der Waals surface area contributed by atoms with Crippen LogP contribution in [0.1, 0.15) is 71.6 Å². The number of aliphatic hydroxyl groups excluding tert-OH is 1. The van der Waals surface area contributed by atoms with Crippen molar-refractivity contribution in [3.63, 3.8) is 0 Å². The molecule has 0 aliphatic heterocycles. The molecule has 4 rings (SSSR count). The van der Waals surface area contributed by atoms with Crippen molar-refractivity contribution in [2.24, 2.45) is 40.9 Å². The third kappa shape index (κ3) is 2.14. The van der Waals surface area contributed by atoms with Gasteiger partial charge in [0.15, 0.2) is 0 Å². The Kier molecular flexibility index (Phi) is 3.72. The van der Waals surface area contributed by atoms with E-state index in [1.54, 1.807) is 0 Å². The van der Waals surface area contributed by atoms with Crippen LogP contribution in [-0.2, 0) is 0 Å². The van der Waals surface area contributed by atoms with Crippen LogP contribution in [0.2, 0.25) is 0 Å². The first-order chi connectivity index (χ1) is 10.5. The molecule has 4 aliphatic rings. The number of hydrogen-bond donors (Lipinski definition) is 1. The van der Waals surface area contributed by atoms with E-state index in [1.165, 1.54) is 50.5 Å². The summed E-state index contributed by atoms with van der Waals surface area (Å²) in [5.41, 5.74) is 1.99. The third-order valence-electron chi connectivity index (χ3n) is 8.59. The Labute approximate surface area is 136 Å². The van der Waals surface area contributed by atoms with E-state index in [2.05, 4.69) is 20.4 Å². The van der Waals surface area contributed by atoms with Gasteiger partial charge in [0.1, 0.15) is 0 Å². The highest BCUT2D eigenvalue weighted by atomic mass is 16.3. The first-order valence-electron chi connectivity index (χ1n) is 9.84. The average molecular weight is 303 g/mol. The van der Waals surface area contributed by atoms with Crippen LogP contribution in [-0.4, -0.2) is 11.2 Å². The molecule has 4 saturated carbocycles. The molecule has 0 bridgehead atoms. The first kappa shape index (κ1) is 15.2. The summed E-state index contributed by atoms with van der Waals surface area (Å²) in [4.78, 5) is 0. The molecule has 4 fully saturated rings. The molecule has 8 atom stereocenters. The normalized spacial score (nSPS) is 54.2. The van der Waals surface area contributed by atoms with Crippen molar-refractivity contribution in [1.29, 1.82) is 0 Å². The van der Waals surface area contributed by atoms with Crippen molar-refractivity contribution < 1.29 is 5.11 Å². The lowest BCUT2D eigenvalue weighted by atomic mass is 9.47. The molecular weight excluding hydrogens is 268 g/mol. The summed E-state index contributed by atoms with van der Waals surface area (Å²) in [6.45, 7) is 9.14. The van der Waals surface area contributed by atoms with Crippen LogP contribution >= 0.6 is 0 Å². The molecule has 0 aromatic rings. The summed E-state index contributed by atoms with van der Waals surface area (Å²) in [6, 6.07) is 0. The molecule has 4 aliphatic carbocycles. The molecule has 1 nitrogen and oxygen atoms in total. The topological polar surface area (TPSA) is 20.2 Å². The molecule has 22 heavy (non-hydrogen) atoms. The quantitative estimate of drug-likeness (QED) is 0.661. The van der Waals surface area contributed by atoms with E-state index in [-0.39, 0.29) is 6.10 Å². The summed E-state index contributed by atoms with van der Waals surface area (Å²) in [5.74, 6) is 5.50. The van der Waals surface area contributed by atoms with Crippen molar-refractivity contribution in [3.05, 3.63) is 12.2 Å². The van der Waals surface area contributed by atoms with Crippen LogP contribution in [0.4, 0.5) is 0 Å². The monoisotopic (exact) mass is 302 g/mol. The van der Waals surface area contributed by atoms with Gasteiger partial charge in [0, 0.05) is 0 Å². The molecule has 1 heteroatoms. The molecule has 0 spiro atoms. The minimum atomic E-state index is -0.00904. The molecule has 0 aromatic heterocycles. The zero-order chi connectivity index (χ0) is 15.5. The largest absolute Gasteiger partial charge is 0.393 e. The number of allylic oxidation sites excluding steroid dienone is 1. The summed E-state index contributed by atoms with van der Waals surface area (Å²) < 4.78 is 0. The van der Waals surface area contributed by atoms with Crippen LogP contribution in [0.5, 0.6) is 0 Å². The number of fused-ring (bicyclic) bond motifs is 5. The number of aliphatic hydroxyl groups is 1. The van der Waals surface area contributed by atoms with Crippen molar-refractivity contribution in [2.45, 2.75) is 77.7 Å². The molecule has 3 unspecified atom stereocenters. The van der Waals surface area contributed by atoms with Crippen LogP contribution in [0, 0.1) is 40.9 Å². The van der Waals surface area contributed by atoms with Gasteiger partial charge in [-0.15, -0.1) is 0 Å². The Morgan fingerprint density at radius 3 is 2.45 bits per heavy atom. The summed E-state index contributed by atoms with van der Waals surface area (Å²) in [7, 11) is 0. The van der Waals surface area contributed by atoms with Gasteiger partial charge in [-0.05, 0) is 106 Å². The SMILES string of the molecule is C=C(C)[C@H]1CCC2C3CC[C@@H]4C[C@H](O)CC[C@]4(C)C3CC[C@@H]21. The average Bonchev–Trinajstić information content (AvgIpc) is 2.92. The van der Waals surface area contributed by atoms with Crippen LogP contribution < -0.4 is 0 Å². The van der Waals surface area contributed by atoms with Crippen molar-refractivity contribution in [3.8, 4) is 0 Å². The zero-order valence-electron chi connectivity index (χ0n) is 14.6. The summed E-state index contributed by atoms with van der Waals surface area (Å²) >= 11 is 0. The fraction of sp³-hybridized carbons (Fsp3) is 0.905. The standard InChI is InChI=1S/C21H34O/c1-13(2)16-6-7-18-17(16)8-9-20-19(18)5-4-14-12-15(22)10-11-21(14,20)3/h14-20,22H,1,4-12H2,2-3H3/t14-,15-,16-,17-,18?,19?,20?,21+/m1/s1. The van der Waals surface area contributed by atoms with Gasteiger partial charge in [-0.1, -0.05) is 19.1 Å². The lowest BCUT2D eigenvalue weighted by molar-refractivity contribution is -0.107. The van der Waals surface area contributed by atoms with E-state index in [0.29, 0.717) is 5.41 Å². The highest BCUT2D eigenvalue weighted by Gasteiger charge is 2.56. The van der Waals surface area contributed by atoms with Crippen molar-refractivity contribution in [1.82, 2.24) is 0 Å². The maximum atomic E-state index is 10.1. The lowest BCUT2D eigenvalue weighted by Crippen LogP contribution is -2.51. The zero-order valence-corrected chi connectivity index (χ0v) is 14.6. The molecule has 0 aromatic carbocycles. The van der Waals surface area contributed by atoms with Gasteiger partial charge < -0.3 is 5.11 Å². The van der Waals surface area contributed by atoms with Gasteiger partial charge in [0.05, 0.1) is 6.10 Å². The Morgan fingerprint density at radius 2 is 1.68 bits per heavy atom. The summed E-state index contributed by atoms with van der Waals surface area (Å²) in [5, 5.41) is 10.1. The van der Waals surface area contributed by atoms with Gasteiger partial charge in [-0.25, -0.2) is 0 Å². The maximum absolute atomic E-state index is 10.1. The van der Waals surface area contributed by atoms with Crippen molar-refractivity contribution >= 4 is 0 Å². The lowest BCUT2D eigenvalue weighted by Gasteiger charge is -2.59. The van der Waals surface area contributed by atoms with E-state index in [4.69, 9.17) is 0 Å². The Hall–Kier alpha value is -0.300. The molecule has 0 amide bonds. The fourth-order valence-electron chi connectivity index (χ4n) is 7.50. The fourth-order valence-corrected chi connectivity index (χ4v) is 7.50. The molecule has 0 heterocycles. The van der Waals surface area contributed by atoms with Gasteiger partial charge in [-0.3, -0.25) is 0 Å². The Balaban J connectivity index is 1.57. The molecule has 0 saturated heterocycles. The van der Waals surface area contributed by atoms with Gasteiger partial charge >= 0.3 is 0 Å². The number of rotatable bonds is 1. The predicted molar refractivity (Wildman–Crippen MR) is 91.4 cm³/mol. The maximum Gasteiger partial charge on any atom is 0.0543 e. The smallest absolute Gasteiger partial charge is 0.0543 e. The van der Waals surface area contributed by atoms with Gasteiger partial charge in [0.25, 0.3) is 0 Å². The van der Waals surface area contributed by atoms with E-state index < -0.39 is 0 Å². The second-order valence-corrected chi connectivity index (χ2v) is 9.41. The minimum Gasteiger partial charge on any atom is -0.393 e. The van der Waals surface area contributed by atoms with E-state index >= 15 is 0 Å². The van der Waals surface area contributed by atoms with Crippen LogP contribution in [0.3, 0.4) is 0 Å². The second kappa shape index (κ2) is 5.36. The third-order valence-corrected chi connectivity index (χ3v) is 8.59. The highest BCUT2D eigenvalue weighted by molar-refractivity contribution is 5.10. The highest BCUT2D eigenvalue weighted by Crippen LogP contribution is 2.64. The second-order valence-electron chi connectivity index (χ2n) is 9.41. The molecular formula is C21H34O. The molecule has 0 radical (unpaired) electrons. The first-order valence-corrected chi connectivity index (χ1v) is 9.84. The minimum absolute atomic E-state index is 0.00904. The van der Waals surface area contributed by atoms with Gasteiger partial charge in [-0.2, -0.15) is 0 Å². The molecule has 124 valence electrons. The van der Waals surface area contributed by atoms with Crippen molar-refractivity contribution in [2.75, 3.05) is 0 Å². The Bertz CT molecular complexity index is 455. The van der Waals surface area contributed by atoms with Crippen LogP contribution in [0.15, 0.2) is 12.2 Å². The predicted octanol–water partition coefficient (Wildman–Crippen LogP) is 5.19. The van der Waals surface area contributed by atoms with Crippen LogP contribution in [0.25, 0.3) is 0 Å². The Morgan fingerprint density at radius 1 is 0.955 bits per heavy atom. The summed E-state index contributed by atoms with van der Waals surface area (Å²) in [6.07, 6.45) is 12.0. The van der Waals surface area contributed by atoms with Gasteiger partial charge in [0.2, 0.25) is 0 Å². The van der Waals surface area contributed by atoms with E-state index in [9.17, 15) is 5.11 Å².